The van der Waals surface area contributed by atoms with Gasteiger partial charge in [0.05, 0.1) is 21.3 Å². The topological polar surface area (TPSA) is 78.4 Å². The van der Waals surface area contributed by atoms with Crippen LogP contribution >= 0.6 is 35.4 Å². The summed E-state index contributed by atoms with van der Waals surface area (Å²) in [5.74, 6) is -1.56. The van der Waals surface area contributed by atoms with Gasteiger partial charge in [-0.1, -0.05) is 41.4 Å². The monoisotopic (exact) mass is 368 g/mol. The zero-order chi connectivity index (χ0) is 17.0. The highest BCUT2D eigenvalue weighted by Gasteiger charge is 2.14. The van der Waals surface area contributed by atoms with Crippen LogP contribution in [0.2, 0.25) is 10.0 Å². The number of carbonyl (C=O) groups excluding carboxylic acids is 1. The summed E-state index contributed by atoms with van der Waals surface area (Å²) in [7, 11) is 0. The Hall–Kier alpha value is -2.15. The second-order valence-electron chi connectivity index (χ2n) is 4.40. The summed E-state index contributed by atoms with van der Waals surface area (Å²) < 4.78 is 0. The highest BCUT2D eigenvalue weighted by atomic mass is 35.5. The molecule has 0 spiro atoms. The number of carboxylic acids is 1. The lowest BCUT2D eigenvalue weighted by Gasteiger charge is -2.12. The van der Waals surface area contributed by atoms with Crippen LogP contribution in [0.15, 0.2) is 42.5 Å². The minimum Gasteiger partial charge on any atom is -0.478 e. The molecule has 8 heteroatoms. The normalized spacial score (nSPS) is 10.0. The van der Waals surface area contributed by atoms with Crippen molar-refractivity contribution in [2.24, 2.45) is 0 Å². The fourth-order valence-electron chi connectivity index (χ4n) is 1.72. The van der Waals surface area contributed by atoms with Gasteiger partial charge in [-0.2, -0.15) is 0 Å². The van der Waals surface area contributed by atoms with Crippen molar-refractivity contribution < 1.29 is 14.7 Å². The first kappa shape index (κ1) is 17.2. The molecule has 0 radical (unpaired) electrons. The number of benzene rings is 2. The van der Waals surface area contributed by atoms with Crippen molar-refractivity contribution in [2.75, 3.05) is 5.32 Å². The average molecular weight is 369 g/mol. The maximum Gasteiger partial charge on any atom is 0.335 e. The van der Waals surface area contributed by atoms with Crippen molar-refractivity contribution >= 4 is 58.1 Å². The van der Waals surface area contributed by atoms with Crippen molar-refractivity contribution in [1.82, 2.24) is 5.32 Å². The molecule has 0 aliphatic heterocycles. The molecule has 0 fully saturated rings. The van der Waals surface area contributed by atoms with Crippen molar-refractivity contribution in [3.63, 3.8) is 0 Å². The molecule has 0 atom stereocenters. The minimum absolute atomic E-state index is 0.0284. The van der Waals surface area contributed by atoms with E-state index >= 15 is 0 Å². The maximum atomic E-state index is 12.0. The van der Waals surface area contributed by atoms with Gasteiger partial charge in [-0.3, -0.25) is 10.1 Å². The summed E-state index contributed by atoms with van der Waals surface area (Å²) in [6.45, 7) is 0. The van der Waals surface area contributed by atoms with Crippen LogP contribution in [0.1, 0.15) is 20.7 Å². The molecule has 0 heterocycles. The van der Waals surface area contributed by atoms with E-state index in [0.29, 0.717) is 5.56 Å². The number of rotatable bonds is 3. The van der Waals surface area contributed by atoms with Crippen LogP contribution in [0.25, 0.3) is 0 Å². The van der Waals surface area contributed by atoms with Gasteiger partial charge in [-0.05, 0) is 36.5 Å². The smallest absolute Gasteiger partial charge is 0.335 e. The molecule has 23 heavy (non-hydrogen) atoms. The number of thiocarbonyl (C=S) groups is 1. The fraction of sp³-hybridized carbons (Fsp3) is 0. The summed E-state index contributed by atoms with van der Waals surface area (Å²) in [5.41, 5.74) is 0.564. The van der Waals surface area contributed by atoms with E-state index in [9.17, 15) is 9.59 Å². The van der Waals surface area contributed by atoms with Gasteiger partial charge in [0.1, 0.15) is 0 Å². The number of anilines is 1. The summed E-state index contributed by atoms with van der Waals surface area (Å²) in [6.07, 6.45) is 0. The predicted molar refractivity (Wildman–Crippen MR) is 93.6 cm³/mol. The van der Waals surface area contributed by atoms with Crippen LogP contribution in [0.4, 0.5) is 5.69 Å². The number of hydrogen-bond acceptors (Lipinski definition) is 3. The average Bonchev–Trinajstić information content (AvgIpc) is 2.52. The Morgan fingerprint density at radius 2 is 1.70 bits per heavy atom. The molecule has 0 aliphatic carbocycles. The summed E-state index contributed by atoms with van der Waals surface area (Å²) in [5, 5.41) is 14.3. The zero-order valence-electron chi connectivity index (χ0n) is 11.5. The first-order chi connectivity index (χ1) is 10.9. The summed E-state index contributed by atoms with van der Waals surface area (Å²) in [6, 6.07) is 11.0. The van der Waals surface area contributed by atoms with Gasteiger partial charge in [-0.25, -0.2) is 4.79 Å². The molecular weight excluding hydrogens is 359 g/mol. The van der Waals surface area contributed by atoms with E-state index in [2.05, 4.69) is 10.6 Å². The highest BCUT2D eigenvalue weighted by Crippen LogP contribution is 2.31. The van der Waals surface area contributed by atoms with Crippen molar-refractivity contribution in [1.29, 1.82) is 0 Å². The Balaban J connectivity index is 2.14. The van der Waals surface area contributed by atoms with E-state index in [0.717, 1.165) is 0 Å². The standard InChI is InChI=1S/C15H10Cl2N2O3S/c16-10-6-9(14(21)22)7-11(12(10)17)18-15(23)19-13(20)8-4-2-1-3-5-8/h1-7H,(H,21,22)(H2,18,19,20,23). The Morgan fingerprint density at radius 1 is 1.04 bits per heavy atom. The second-order valence-corrected chi connectivity index (χ2v) is 5.59. The Kier molecular flexibility index (Phi) is 5.54. The molecule has 0 aliphatic rings. The van der Waals surface area contributed by atoms with Crippen LogP contribution in [0.5, 0.6) is 0 Å². The number of hydrogen-bond donors (Lipinski definition) is 3. The van der Waals surface area contributed by atoms with Gasteiger partial charge in [0.2, 0.25) is 0 Å². The maximum absolute atomic E-state index is 12.0. The van der Waals surface area contributed by atoms with Crippen LogP contribution in [-0.2, 0) is 0 Å². The molecule has 5 nitrogen and oxygen atoms in total. The number of halogens is 2. The lowest BCUT2D eigenvalue weighted by Crippen LogP contribution is -2.34. The minimum atomic E-state index is -1.16. The molecule has 0 aromatic heterocycles. The molecule has 118 valence electrons. The first-order valence-electron chi connectivity index (χ1n) is 6.28. The Morgan fingerprint density at radius 3 is 2.30 bits per heavy atom. The van der Waals surface area contributed by atoms with Crippen LogP contribution < -0.4 is 10.6 Å². The van der Waals surface area contributed by atoms with Crippen molar-refractivity contribution in [3.05, 3.63) is 63.6 Å². The van der Waals surface area contributed by atoms with Crippen molar-refractivity contribution in [2.45, 2.75) is 0 Å². The third-order valence-corrected chi connectivity index (χ3v) is 3.79. The van der Waals surface area contributed by atoms with E-state index in [1.165, 1.54) is 12.1 Å². The largest absolute Gasteiger partial charge is 0.478 e. The van der Waals surface area contributed by atoms with Gasteiger partial charge in [0.25, 0.3) is 5.91 Å². The van der Waals surface area contributed by atoms with Crippen LogP contribution in [0, 0.1) is 0 Å². The van der Waals surface area contributed by atoms with Crippen molar-refractivity contribution in [3.8, 4) is 0 Å². The third kappa shape index (κ3) is 4.41. The number of nitrogens with one attached hydrogen (secondary N) is 2. The number of carbonyl (C=O) groups is 2. The summed E-state index contributed by atoms with van der Waals surface area (Å²) in [4.78, 5) is 23.0. The zero-order valence-corrected chi connectivity index (χ0v) is 13.8. The number of carboxylic acid groups (broad SMARTS) is 1. The summed E-state index contributed by atoms with van der Waals surface area (Å²) >= 11 is 16.9. The number of amides is 1. The number of aromatic carboxylic acids is 1. The lowest BCUT2D eigenvalue weighted by molar-refractivity contribution is 0.0696. The van der Waals surface area contributed by atoms with Gasteiger partial charge in [0.15, 0.2) is 5.11 Å². The Bertz CT molecular complexity index is 782. The first-order valence-corrected chi connectivity index (χ1v) is 7.44. The Labute approximate surface area is 147 Å². The van der Waals surface area contributed by atoms with E-state index in [-0.39, 0.29) is 26.4 Å². The third-order valence-electron chi connectivity index (χ3n) is 2.79. The van der Waals surface area contributed by atoms with Crippen LogP contribution in [0.3, 0.4) is 0 Å². The molecule has 0 bridgehead atoms. The molecule has 2 rings (SSSR count). The molecule has 2 aromatic carbocycles. The van der Waals surface area contributed by atoms with E-state index < -0.39 is 11.9 Å². The molecule has 3 N–H and O–H groups in total. The molecule has 1 amide bonds. The molecule has 0 saturated carbocycles. The van der Waals surface area contributed by atoms with E-state index in [1.807, 2.05) is 0 Å². The lowest BCUT2D eigenvalue weighted by atomic mass is 10.2. The van der Waals surface area contributed by atoms with Crippen LogP contribution in [-0.4, -0.2) is 22.1 Å². The van der Waals surface area contributed by atoms with E-state index in [1.54, 1.807) is 30.3 Å². The molecular formula is C15H10Cl2N2O3S. The molecule has 2 aromatic rings. The fourth-order valence-corrected chi connectivity index (χ4v) is 2.30. The van der Waals surface area contributed by atoms with Gasteiger partial charge in [0, 0.05) is 5.56 Å². The molecule has 0 unspecified atom stereocenters. The van der Waals surface area contributed by atoms with Gasteiger partial charge >= 0.3 is 5.97 Å². The van der Waals surface area contributed by atoms with Gasteiger partial charge < -0.3 is 10.4 Å². The highest BCUT2D eigenvalue weighted by molar-refractivity contribution is 7.80. The van der Waals surface area contributed by atoms with E-state index in [4.69, 9.17) is 40.5 Å². The SMILES string of the molecule is O=C(O)c1cc(Cl)c(Cl)c(NC(=S)NC(=O)c2ccccc2)c1. The quantitative estimate of drug-likeness (QED) is 0.717. The van der Waals surface area contributed by atoms with Gasteiger partial charge in [-0.15, -0.1) is 0 Å². The molecule has 0 saturated heterocycles. The predicted octanol–water partition coefficient (Wildman–Crippen LogP) is 3.82. The second kappa shape index (κ2) is 7.41.